The van der Waals surface area contributed by atoms with E-state index in [0.29, 0.717) is 12.6 Å². The van der Waals surface area contributed by atoms with Crippen LogP contribution in [0.3, 0.4) is 0 Å². The molecule has 21 heavy (non-hydrogen) atoms. The predicted octanol–water partition coefficient (Wildman–Crippen LogP) is 3.07. The van der Waals surface area contributed by atoms with Crippen LogP contribution in [-0.2, 0) is 6.54 Å². The Morgan fingerprint density at radius 2 is 2.19 bits per heavy atom. The molecule has 1 atom stereocenters. The van der Waals surface area contributed by atoms with Gasteiger partial charge in [0, 0.05) is 32.2 Å². The Hall–Kier alpha value is -0.490. The molecule has 0 bridgehead atoms. The Morgan fingerprint density at radius 1 is 1.43 bits per heavy atom. The highest BCUT2D eigenvalue weighted by molar-refractivity contribution is 9.10. The number of rotatable bonds is 5. The molecule has 0 spiro atoms. The highest BCUT2D eigenvalue weighted by Gasteiger charge is 2.17. The Morgan fingerprint density at radius 3 is 2.81 bits per heavy atom. The smallest absolute Gasteiger partial charge is 0.174 e. The second kappa shape index (κ2) is 8.83. The molecule has 1 aliphatic rings. The topological polar surface area (TPSA) is 33.7 Å². The molecule has 1 aromatic rings. The molecule has 6 heteroatoms. The van der Waals surface area contributed by atoms with Gasteiger partial charge in [-0.2, -0.15) is 0 Å². The molecular formula is C15H24BrClN2O2. The number of halogens is 2. The van der Waals surface area contributed by atoms with Crippen LogP contribution in [-0.4, -0.2) is 44.3 Å². The minimum atomic E-state index is 0. The van der Waals surface area contributed by atoms with Crippen LogP contribution in [0.15, 0.2) is 16.6 Å². The Labute approximate surface area is 141 Å². The van der Waals surface area contributed by atoms with Gasteiger partial charge in [0.15, 0.2) is 11.5 Å². The van der Waals surface area contributed by atoms with Crippen molar-refractivity contribution in [1.82, 2.24) is 10.2 Å². The maximum absolute atomic E-state index is 5.67. The first-order chi connectivity index (χ1) is 9.63. The molecule has 1 saturated heterocycles. The van der Waals surface area contributed by atoms with E-state index in [-0.39, 0.29) is 12.4 Å². The van der Waals surface area contributed by atoms with Gasteiger partial charge in [-0.15, -0.1) is 12.4 Å². The van der Waals surface area contributed by atoms with Crippen LogP contribution in [0.2, 0.25) is 0 Å². The van der Waals surface area contributed by atoms with E-state index in [1.165, 1.54) is 5.56 Å². The SMILES string of the molecule is CCOc1cc(CN2CCN[C@H](C)C2)cc(Br)c1OC.Cl. The summed E-state index contributed by atoms with van der Waals surface area (Å²) >= 11 is 3.57. The zero-order valence-corrected chi connectivity index (χ0v) is 15.2. The molecule has 120 valence electrons. The molecule has 0 unspecified atom stereocenters. The van der Waals surface area contributed by atoms with E-state index in [0.717, 1.165) is 42.2 Å². The lowest BCUT2D eigenvalue weighted by atomic mass is 10.1. The number of methoxy groups -OCH3 is 1. The fourth-order valence-corrected chi connectivity index (χ4v) is 3.24. The molecule has 1 N–H and O–H groups in total. The molecule has 1 fully saturated rings. The van der Waals surface area contributed by atoms with E-state index in [4.69, 9.17) is 9.47 Å². The summed E-state index contributed by atoms with van der Waals surface area (Å²) in [7, 11) is 1.67. The largest absolute Gasteiger partial charge is 0.492 e. The van der Waals surface area contributed by atoms with E-state index in [9.17, 15) is 0 Å². The van der Waals surface area contributed by atoms with Crippen molar-refractivity contribution in [2.45, 2.75) is 26.4 Å². The monoisotopic (exact) mass is 378 g/mol. The lowest BCUT2D eigenvalue weighted by molar-refractivity contribution is 0.199. The summed E-state index contributed by atoms with van der Waals surface area (Å²) in [5.74, 6) is 1.58. The van der Waals surface area contributed by atoms with Crippen LogP contribution >= 0.6 is 28.3 Å². The zero-order chi connectivity index (χ0) is 14.5. The third-order valence-electron chi connectivity index (χ3n) is 3.43. The van der Waals surface area contributed by atoms with Gasteiger partial charge in [-0.05, 0) is 47.5 Å². The first kappa shape index (κ1) is 18.6. The molecule has 1 heterocycles. The number of nitrogens with zero attached hydrogens (tertiary/aromatic N) is 1. The summed E-state index contributed by atoms with van der Waals surface area (Å²) in [6.45, 7) is 8.99. The van der Waals surface area contributed by atoms with Crippen molar-refractivity contribution in [2.24, 2.45) is 0 Å². The first-order valence-electron chi connectivity index (χ1n) is 7.09. The first-order valence-corrected chi connectivity index (χ1v) is 7.88. The highest BCUT2D eigenvalue weighted by Crippen LogP contribution is 2.36. The van der Waals surface area contributed by atoms with E-state index >= 15 is 0 Å². The molecule has 0 radical (unpaired) electrons. The second-order valence-corrected chi connectivity index (χ2v) is 5.99. The summed E-state index contributed by atoms with van der Waals surface area (Å²) in [6, 6.07) is 4.75. The maximum Gasteiger partial charge on any atom is 0.174 e. The molecule has 1 aromatic carbocycles. The molecular weight excluding hydrogens is 356 g/mol. The number of piperazine rings is 1. The van der Waals surface area contributed by atoms with Gasteiger partial charge in [0.1, 0.15) is 0 Å². The summed E-state index contributed by atoms with van der Waals surface area (Å²) in [5.41, 5.74) is 1.25. The van der Waals surface area contributed by atoms with Crippen molar-refractivity contribution in [1.29, 1.82) is 0 Å². The van der Waals surface area contributed by atoms with Gasteiger partial charge in [0.2, 0.25) is 0 Å². The summed E-state index contributed by atoms with van der Waals surface area (Å²) in [5, 5.41) is 3.46. The summed E-state index contributed by atoms with van der Waals surface area (Å²) in [6.07, 6.45) is 0. The van der Waals surface area contributed by atoms with Gasteiger partial charge in [0.25, 0.3) is 0 Å². The van der Waals surface area contributed by atoms with Gasteiger partial charge < -0.3 is 14.8 Å². The third kappa shape index (κ3) is 5.02. The lowest BCUT2D eigenvalue weighted by Crippen LogP contribution is -2.48. The molecule has 0 aliphatic carbocycles. The van der Waals surface area contributed by atoms with Gasteiger partial charge in [0.05, 0.1) is 18.2 Å². The Bertz CT molecular complexity index is 460. The van der Waals surface area contributed by atoms with E-state index in [1.54, 1.807) is 7.11 Å². The standard InChI is InChI=1S/C15H23BrN2O2.ClH/c1-4-20-14-8-12(7-13(16)15(14)19-3)10-18-6-5-17-11(2)9-18;/h7-8,11,17H,4-6,9-10H2,1-3H3;1H/t11-;/m1./s1. The molecule has 4 nitrogen and oxygen atoms in total. The Kier molecular flexibility index (Phi) is 7.81. The number of hydrogen-bond acceptors (Lipinski definition) is 4. The zero-order valence-electron chi connectivity index (χ0n) is 12.8. The van der Waals surface area contributed by atoms with Gasteiger partial charge >= 0.3 is 0 Å². The van der Waals surface area contributed by atoms with Crippen LogP contribution in [0.5, 0.6) is 11.5 Å². The molecule has 1 aliphatic heterocycles. The van der Waals surface area contributed by atoms with Crippen LogP contribution in [0, 0.1) is 0 Å². The van der Waals surface area contributed by atoms with Crippen LogP contribution < -0.4 is 14.8 Å². The van der Waals surface area contributed by atoms with Crippen molar-refractivity contribution in [3.63, 3.8) is 0 Å². The number of hydrogen-bond donors (Lipinski definition) is 1. The minimum Gasteiger partial charge on any atom is -0.492 e. The van der Waals surface area contributed by atoms with E-state index in [1.807, 2.05) is 6.92 Å². The maximum atomic E-state index is 5.67. The predicted molar refractivity (Wildman–Crippen MR) is 91.9 cm³/mol. The Balaban J connectivity index is 0.00000220. The van der Waals surface area contributed by atoms with Crippen LogP contribution in [0.4, 0.5) is 0 Å². The molecule has 0 saturated carbocycles. The van der Waals surface area contributed by atoms with Crippen molar-refractivity contribution in [2.75, 3.05) is 33.4 Å². The van der Waals surface area contributed by atoms with Gasteiger partial charge in [-0.3, -0.25) is 4.90 Å². The second-order valence-electron chi connectivity index (χ2n) is 5.13. The summed E-state index contributed by atoms with van der Waals surface area (Å²) < 4.78 is 12.0. The van der Waals surface area contributed by atoms with Crippen molar-refractivity contribution < 1.29 is 9.47 Å². The fourth-order valence-electron chi connectivity index (χ4n) is 2.59. The van der Waals surface area contributed by atoms with Crippen LogP contribution in [0.1, 0.15) is 19.4 Å². The minimum absolute atomic E-state index is 0. The van der Waals surface area contributed by atoms with Gasteiger partial charge in [-0.1, -0.05) is 0 Å². The molecule has 2 rings (SSSR count). The van der Waals surface area contributed by atoms with E-state index < -0.39 is 0 Å². The van der Waals surface area contributed by atoms with Crippen LogP contribution in [0.25, 0.3) is 0 Å². The third-order valence-corrected chi connectivity index (χ3v) is 4.02. The van der Waals surface area contributed by atoms with Crippen molar-refractivity contribution in [3.8, 4) is 11.5 Å². The van der Waals surface area contributed by atoms with Crippen molar-refractivity contribution >= 4 is 28.3 Å². The number of benzene rings is 1. The average molecular weight is 380 g/mol. The average Bonchev–Trinajstić information content (AvgIpc) is 2.39. The highest BCUT2D eigenvalue weighted by atomic mass is 79.9. The fraction of sp³-hybridized carbons (Fsp3) is 0.600. The quantitative estimate of drug-likeness (QED) is 0.852. The lowest BCUT2D eigenvalue weighted by Gasteiger charge is -2.32. The van der Waals surface area contributed by atoms with E-state index in [2.05, 4.69) is 45.2 Å². The molecule has 0 amide bonds. The normalized spacial score (nSPS) is 19.0. The van der Waals surface area contributed by atoms with Gasteiger partial charge in [-0.25, -0.2) is 0 Å². The summed E-state index contributed by atoms with van der Waals surface area (Å²) in [4.78, 5) is 2.46. The van der Waals surface area contributed by atoms with Crippen molar-refractivity contribution in [3.05, 3.63) is 22.2 Å². The molecule has 0 aromatic heterocycles. The number of nitrogens with one attached hydrogen (secondary N) is 1. The number of ether oxygens (including phenoxy) is 2.